The number of benzene rings is 3. The summed E-state index contributed by atoms with van der Waals surface area (Å²) in [5.74, 6) is 1.01. The molecule has 3 aromatic carbocycles. The lowest BCUT2D eigenvalue weighted by Crippen LogP contribution is -2.12. The van der Waals surface area contributed by atoms with Gasteiger partial charge < -0.3 is 10.1 Å². The van der Waals surface area contributed by atoms with Gasteiger partial charge in [-0.15, -0.1) is 0 Å². The molecule has 0 aromatic heterocycles. The third-order valence-corrected chi connectivity index (χ3v) is 4.81. The van der Waals surface area contributed by atoms with Crippen LogP contribution in [0.25, 0.3) is 0 Å². The number of ether oxygens (including phenoxy) is 1. The molecule has 0 unspecified atom stereocenters. The second-order valence-corrected chi connectivity index (χ2v) is 8.81. The van der Waals surface area contributed by atoms with Gasteiger partial charge in [0.05, 0.1) is 5.75 Å². The number of rotatable bonds is 6. The van der Waals surface area contributed by atoms with Gasteiger partial charge in [0.25, 0.3) is 5.91 Å². The van der Waals surface area contributed by atoms with Gasteiger partial charge >= 0.3 is 0 Å². The highest BCUT2D eigenvalue weighted by atomic mass is 32.2. The lowest BCUT2D eigenvalue weighted by Gasteiger charge is -2.09. The summed E-state index contributed by atoms with van der Waals surface area (Å²) in [5.41, 5.74) is 2.72. The van der Waals surface area contributed by atoms with Gasteiger partial charge in [-0.3, -0.25) is 4.79 Å². The predicted octanol–water partition coefficient (Wildman–Crippen LogP) is 4.58. The Kier molecular flexibility index (Phi) is 5.80. The smallest absolute Gasteiger partial charge is 0.255 e. The Labute approximate surface area is 164 Å². The van der Waals surface area contributed by atoms with E-state index in [-0.39, 0.29) is 11.7 Å². The van der Waals surface area contributed by atoms with E-state index >= 15 is 0 Å². The fraction of sp³-hybridized carbons (Fsp3) is 0.136. The molecule has 28 heavy (non-hydrogen) atoms. The molecule has 3 aromatic rings. The number of anilines is 1. The normalized spacial score (nSPS) is 11.1. The Hall–Kier alpha value is -3.12. The first-order valence-corrected chi connectivity index (χ1v) is 10.8. The molecule has 1 amide bonds. The maximum Gasteiger partial charge on any atom is 0.255 e. The molecule has 0 fully saturated rings. The average molecular weight is 395 g/mol. The zero-order valence-corrected chi connectivity index (χ0v) is 16.5. The Morgan fingerprint density at radius 3 is 2.32 bits per heavy atom. The van der Waals surface area contributed by atoms with Crippen LogP contribution in [0, 0.1) is 6.92 Å². The molecular formula is C22H21NO4S. The zero-order chi connectivity index (χ0) is 20.1. The van der Waals surface area contributed by atoms with Crippen LogP contribution in [0.3, 0.4) is 0 Å². The third-order valence-electron chi connectivity index (χ3n) is 3.96. The van der Waals surface area contributed by atoms with E-state index in [1.54, 1.807) is 48.5 Å². The highest BCUT2D eigenvalue weighted by molar-refractivity contribution is 7.89. The fourth-order valence-corrected chi connectivity index (χ4v) is 3.51. The van der Waals surface area contributed by atoms with Gasteiger partial charge in [0.15, 0.2) is 9.84 Å². The number of nitrogens with one attached hydrogen (secondary N) is 1. The van der Waals surface area contributed by atoms with Gasteiger partial charge in [-0.1, -0.05) is 24.3 Å². The van der Waals surface area contributed by atoms with E-state index in [9.17, 15) is 13.2 Å². The molecule has 0 saturated carbocycles. The first-order chi connectivity index (χ1) is 13.3. The summed E-state index contributed by atoms with van der Waals surface area (Å²) in [6, 6.07) is 21.4. The van der Waals surface area contributed by atoms with E-state index in [1.165, 1.54) is 6.26 Å². The number of sulfone groups is 1. The largest absolute Gasteiger partial charge is 0.457 e. The van der Waals surface area contributed by atoms with Crippen LogP contribution in [0.1, 0.15) is 21.5 Å². The monoisotopic (exact) mass is 395 g/mol. The Bertz CT molecular complexity index is 1090. The van der Waals surface area contributed by atoms with Gasteiger partial charge in [0.1, 0.15) is 11.5 Å². The van der Waals surface area contributed by atoms with Crippen molar-refractivity contribution >= 4 is 21.4 Å². The van der Waals surface area contributed by atoms with Crippen molar-refractivity contribution in [2.45, 2.75) is 12.7 Å². The molecule has 0 aliphatic rings. The Morgan fingerprint density at radius 1 is 0.929 bits per heavy atom. The van der Waals surface area contributed by atoms with Crippen molar-refractivity contribution in [3.8, 4) is 11.5 Å². The second kappa shape index (κ2) is 8.27. The summed E-state index contributed by atoms with van der Waals surface area (Å²) < 4.78 is 28.7. The topological polar surface area (TPSA) is 72.5 Å². The highest BCUT2D eigenvalue weighted by Gasteiger charge is 2.10. The van der Waals surface area contributed by atoms with Crippen LogP contribution in [-0.4, -0.2) is 20.6 Å². The van der Waals surface area contributed by atoms with Gasteiger partial charge in [-0.05, 0) is 66.6 Å². The first kappa shape index (κ1) is 19.6. The van der Waals surface area contributed by atoms with Crippen molar-refractivity contribution in [3.05, 3.63) is 89.5 Å². The third kappa shape index (κ3) is 5.69. The fourth-order valence-electron chi connectivity index (χ4n) is 2.73. The zero-order valence-electron chi connectivity index (χ0n) is 15.7. The number of hydrogen-bond acceptors (Lipinski definition) is 4. The minimum Gasteiger partial charge on any atom is -0.457 e. The van der Waals surface area contributed by atoms with Crippen molar-refractivity contribution in [2.24, 2.45) is 0 Å². The quantitative estimate of drug-likeness (QED) is 0.663. The van der Waals surface area contributed by atoms with Crippen LogP contribution in [0.4, 0.5) is 5.69 Å². The minimum absolute atomic E-state index is 0.0981. The molecule has 0 atom stereocenters. The molecule has 144 valence electrons. The summed E-state index contributed by atoms with van der Waals surface area (Å²) in [7, 11) is -3.16. The summed E-state index contributed by atoms with van der Waals surface area (Å²) in [5, 5.41) is 2.80. The molecule has 0 bridgehead atoms. The van der Waals surface area contributed by atoms with Crippen LogP contribution >= 0.6 is 0 Å². The maximum atomic E-state index is 12.5. The molecule has 3 rings (SSSR count). The minimum atomic E-state index is -3.16. The summed E-state index contributed by atoms with van der Waals surface area (Å²) in [6.45, 7) is 2.00. The average Bonchev–Trinajstić information content (AvgIpc) is 2.62. The standard InChI is InChI=1S/C22H21NO4S/c1-16-5-3-8-21(13-16)27-20-11-9-19(10-12-20)23-22(24)18-7-4-6-17(14-18)15-28(2,25)26/h3-14H,15H2,1-2H3,(H,23,24). The Morgan fingerprint density at radius 2 is 1.64 bits per heavy atom. The van der Waals surface area contributed by atoms with E-state index in [0.29, 0.717) is 22.6 Å². The number of carbonyl (C=O) groups excluding carboxylic acids is 1. The molecule has 0 radical (unpaired) electrons. The molecular weight excluding hydrogens is 374 g/mol. The number of aryl methyl sites for hydroxylation is 1. The number of carbonyl (C=O) groups is 1. The molecule has 0 spiro atoms. The molecule has 0 aliphatic heterocycles. The van der Waals surface area contributed by atoms with Crippen LogP contribution in [0.15, 0.2) is 72.8 Å². The van der Waals surface area contributed by atoms with Crippen molar-refractivity contribution in [1.82, 2.24) is 0 Å². The van der Waals surface area contributed by atoms with Crippen LogP contribution in [-0.2, 0) is 15.6 Å². The molecule has 5 nitrogen and oxygen atoms in total. The van der Waals surface area contributed by atoms with Crippen molar-refractivity contribution in [1.29, 1.82) is 0 Å². The van der Waals surface area contributed by atoms with Gasteiger partial charge in [-0.25, -0.2) is 8.42 Å². The van der Waals surface area contributed by atoms with Crippen molar-refractivity contribution in [3.63, 3.8) is 0 Å². The summed E-state index contributed by atoms with van der Waals surface area (Å²) in [4.78, 5) is 12.5. The van der Waals surface area contributed by atoms with Gasteiger partial charge in [-0.2, -0.15) is 0 Å². The predicted molar refractivity (Wildman–Crippen MR) is 111 cm³/mol. The molecule has 0 saturated heterocycles. The Balaban J connectivity index is 1.67. The maximum absolute atomic E-state index is 12.5. The molecule has 0 aliphatic carbocycles. The highest BCUT2D eigenvalue weighted by Crippen LogP contribution is 2.24. The van der Waals surface area contributed by atoms with Crippen LogP contribution < -0.4 is 10.1 Å². The number of amides is 1. The lowest BCUT2D eigenvalue weighted by molar-refractivity contribution is 0.102. The molecule has 6 heteroatoms. The van der Waals surface area contributed by atoms with E-state index in [2.05, 4.69) is 5.32 Å². The molecule has 0 heterocycles. The van der Waals surface area contributed by atoms with Crippen LogP contribution in [0.5, 0.6) is 11.5 Å². The number of hydrogen-bond donors (Lipinski definition) is 1. The lowest BCUT2D eigenvalue weighted by atomic mass is 10.1. The summed E-state index contributed by atoms with van der Waals surface area (Å²) >= 11 is 0. The SMILES string of the molecule is Cc1cccc(Oc2ccc(NC(=O)c3cccc(CS(C)(=O)=O)c3)cc2)c1. The first-order valence-electron chi connectivity index (χ1n) is 8.71. The van der Waals surface area contributed by atoms with Crippen molar-refractivity contribution < 1.29 is 17.9 Å². The van der Waals surface area contributed by atoms with Gasteiger partial charge in [0.2, 0.25) is 0 Å². The van der Waals surface area contributed by atoms with Crippen LogP contribution in [0.2, 0.25) is 0 Å². The molecule has 1 N–H and O–H groups in total. The van der Waals surface area contributed by atoms with Gasteiger partial charge in [0, 0.05) is 17.5 Å². The van der Waals surface area contributed by atoms with E-state index in [4.69, 9.17) is 4.74 Å². The van der Waals surface area contributed by atoms with E-state index in [0.717, 1.165) is 11.3 Å². The van der Waals surface area contributed by atoms with E-state index < -0.39 is 9.84 Å². The summed E-state index contributed by atoms with van der Waals surface area (Å²) in [6.07, 6.45) is 1.17. The van der Waals surface area contributed by atoms with Crippen molar-refractivity contribution in [2.75, 3.05) is 11.6 Å². The second-order valence-electron chi connectivity index (χ2n) is 6.67. The van der Waals surface area contributed by atoms with E-state index in [1.807, 2.05) is 31.2 Å².